The number of H-pyrrole nitrogens is 1. The first-order chi connectivity index (χ1) is 16.2. The Labute approximate surface area is 195 Å². The van der Waals surface area contributed by atoms with Crippen LogP contribution >= 0.6 is 0 Å². The summed E-state index contributed by atoms with van der Waals surface area (Å²) in [5, 5.41) is 1.25. The predicted molar refractivity (Wildman–Crippen MR) is 128 cm³/mol. The molecule has 4 heterocycles. The fourth-order valence-corrected chi connectivity index (χ4v) is 7.15. The number of benzene rings is 2. The Morgan fingerprint density at radius 3 is 2.82 bits per heavy atom. The molecule has 33 heavy (non-hydrogen) atoms. The fourth-order valence-electron chi connectivity index (χ4n) is 7.15. The number of para-hydroxylation sites is 1. The van der Waals surface area contributed by atoms with Crippen molar-refractivity contribution in [3.05, 3.63) is 71.4 Å². The molecule has 1 N–H and O–H groups in total. The lowest BCUT2D eigenvalue weighted by Gasteiger charge is -2.58. The van der Waals surface area contributed by atoms with E-state index < -0.39 is 5.41 Å². The summed E-state index contributed by atoms with van der Waals surface area (Å²) in [6.07, 6.45) is 3.99. The molecule has 5 atom stereocenters. The number of nitrogens with one attached hydrogen (secondary N) is 1. The maximum Gasteiger partial charge on any atom is 0.319 e. The van der Waals surface area contributed by atoms with Crippen LogP contribution in [0.4, 0.5) is 0 Å². The van der Waals surface area contributed by atoms with Gasteiger partial charge in [-0.2, -0.15) is 0 Å². The molecule has 3 fully saturated rings. The van der Waals surface area contributed by atoms with E-state index in [0.717, 1.165) is 43.6 Å². The zero-order valence-corrected chi connectivity index (χ0v) is 19.3. The fraction of sp³-hybridized carbons (Fsp3) is 0.464. The van der Waals surface area contributed by atoms with Gasteiger partial charge in [0, 0.05) is 42.3 Å². The van der Waals surface area contributed by atoms with Crippen molar-refractivity contribution < 1.29 is 14.3 Å². The second-order valence-electron chi connectivity index (χ2n) is 10.1. The highest BCUT2D eigenvalue weighted by atomic mass is 16.5. The molecule has 4 aliphatic rings. The molecule has 5 heteroatoms. The first-order valence-corrected chi connectivity index (χ1v) is 12.2. The molecule has 1 saturated carbocycles. The number of nitrogens with zero attached hydrogens (tertiary/aromatic N) is 1. The summed E-state index contributed by atoms with van der Waals surface area (Å²) in [4.78, 5) is 19.9. The Hall–Kier alpha value is -2.63. The number of carbonyl (C=O) groups excluding carboxylic acids is 1. The van der Waals surface area contributed by atoms with E-state index in [1.54, 1.807) is 7.11 Å². The minimum absolute atomic E-state index is 0.0770. The third kappa shape index (κ3) is 3.32. The molecule has 3 aromatic rings. The quantitative estimate of drug-likeness (QED) is 0.451. The van der Waals surface area contributed by atoms with Crippen molar-refractivity contribution in [2.45, 2.75) is 43.7 Å². The van der Waals surface area contributed by atoms with Gasteiger partial charge < -0.3 is 14.5 Å². The standard InChI is InChI=1S/C28H32N2O3/c1-32-27(31)28-16-20-15-21(12-14-33-18-19-7-3-2-4-8-19)26(28)30(17-20)13-11-23-22-9-5-6-10-24(22)29-25(23)28/h2-10,20-21,26,29H,11-18H2,1H3/t20?,21-,26-,28+/m0/s1. The van der Waals surface area contributed by atoms with Gasteiger partial charge in [0.15, 0.2) is 0 Å². The van der Waals surface area contributed by atoms with Crippen LogP contribution in [0.2, 0.25) is 0 Å². The van der Waals surface area contributed by atoms with Crippen LogP contribution in [0.25, 0.3) is 10.9 Å². The lowest BCUT2D eigenvalue weighted by molar-refractivity contribution is -0.163. The Balaban J connectivity index is 1.33. The molecule has 0 spiro atoms. The molecule has 2 aromatic carbocycles. The molecule has 0 radical (unpaired) electrons. The topological polar surface area (TPSA) is 54.6 Å². The van der Waals surface area contributed by atoms with Crippen LogP contribution in [0.3, 0.4) is 0 Å². The molecule has 4 bridgehead atoms. The summed E-state index contributed by atoms with van der Waals surface area (Å²) in [6.45, 7) is 3.44. The zero-order chi connectivity index (χ0) is 22.4. The van der Waals surface area contributed by atoms with E-state index >= 15 is 0 Å². The average Bonchev–Trinajstić information content (AvgIpc) is 3.20. The summed E-state index contributed by atoms with van der Waals surface area (Å²) in [6, 6.07) is 19.0. The van der Waals surface area contributed by atoms with E-state index in [1.807, 2.05) is 6.07 Å². The Morgan fingerprint density at radius 1 is 1.15 bits per heavy atom. The van der Waals surface area contributed by atoms with E-state index in [1.165, 1.54) is 22.9 Å². The van der Waals surface area contributed by atoms with Gasteiger partial charge in [0.05, 0.1) is 13.7 Å². The lowest BCUT2D eigenvalue weighted by atomic mass is 9.56. The maximum absolute atomic E-state index is 13.6. The molecule has 1 aromatic heterocycles. The normalized spacial score (nSPS) is 30.1. The van der Waals surface area contributed by atoms with Crippen LogP contribution in [-0.2, 0) is 32.7 Å². The van der Waals surface area contributed by atoms with E-state index in [9.17, 15) is 4.79 Å². The smallest absolute Gasteiger partial charge is 0.319 e. The number of hydrogen-bond donors (Lipinski definition) is 1. The third-order valence-electron chi connectivity index (χ3n) is 8.29. The van der Waals surface area contributed by atoms with Gasteiger partial charge >= 0.3 is 5.97 Å². The summed E-state index contributed by atoms with van der Waals surface area (Å²) >= 11 is 0. The van der Waals surface area contributed by atoms with Crippen molar-refractivity contribution in [2.75, 3.05) is 26.8 Å². The number of piperidine rings is 2. The van der Waals surface area contributed by atoms with Crippen molar-refractivity contribution in [3.8, 4) is 0 Å². The Kier molecular flexibility index (Phi) is 5.27. The first-order valence-electron chi connectivity index (χ1n) is 12.2. The predicted octanol–water partition coefficient (Wildman–Crippen LogP) is 4.45. The van der Waals surface area contributed by atoms with Gasteiger partial charge in [-0.3, -0.25) is 9.69 Å². The van der Waals surface area contributed by atoms with Gasteiger partial charge in [0.2, 0.25) is 0 Å². The number of fused-ring (bicyclic) bond motifs is 4. The van der Waals surface area contributed by atoms with Crippen LogP contribution in [0.5, 0.6) is 0 Å². The number of rotatable bonds is 6. The number of esters is 1. The van der Waals surface area contributed by atoms with Gasteiger partial charge in [0.1, 0.15) is 5.41 Å². The monoisotopic (exact) mass is 444 g/mol. The minimum Gasteiger partial charge on any atom is -0.468 e. The molecule has 7 rings (SSSR count). The molecule has 0 amide bonds. The molecule has 2 unspecified atom stereocenters. The second kappa shape index (κ2) is 8.30. The summed E-state index contributed by atoms with van der Waals surface area (Å²) in [5.41, 5.74) is 4.13. The van der Waals surface area contributed by atoms with E-state index in [4.69, 9.17) is 9.47 Å². The Morgan fingerprint density at radius 2 is 1.97 bits per heavy atom. The summed E-state index contributed by atoms with van der Waals surface area (Å²) < 4.78 is 11.6. The largest absolute Gasteiger partial charge is 0.468 e. The number of aromatic amines is 1. The van der Waals surface area contributed by atoms with Crippen molar-refractivity contribution in [3.63, 3.8) is 0 Å². The maximum atomic E-state index is 13.6. The molecular weight excluding hydrogens is 412 g/mol. The molecule has 5 nitrogen and oxygen atoms in total. The third-order valence-corrected chi connectivity index (χ3v) is 8.29. The average molecular weight is 445 g/mol. The zero-order valence-electron chi connectivity index (χ0n) is 19.3. The van der Waals surface area contributed by atoms with Crippen molar-refractivity contribution in [1.29, 1.82) is 0 Å². The SMILES string of the molecule is COC(=O)[C@@]12CC3C[C@H](CCOCc4ccccc4)[C@@H]1N(CCc1c2[nH]c2ccccc12)C3. The number of hydrogen-bond acceptors (Lipinski definition) is 4. The van der Waals surface area contributed by atoms with Crippen molar-refractivity contribution in [1.82, 2.24) is 9.88 Å². The molecular formula is C28H32N2O3. The van der Waals surface area contributed by atoms with Crippen LogP contribution in [0.15, 0.2) is 54.6 Å². The summed E-state index contributed by atoms with van der Waals surface area (Å²) in [5.74, 6) is 0.849. The number of aromatic nitrogens is 1. The number of methoxy groups -OCH3 is 1. The van der Waals surface area contributed by atoms with Crippen molar-refractivity contribution in [2.24, 2.45) is 11.8 Å². The van der Waals surface area contributed by atoms with Crippen LogP contribution in [0, 0.1) is 11.8 Å². The molecule has 2 saturated heterocycles. The number of carbonyl (C=O) groups is 1. The minimum atomic E-state index is -0.620. The molecule has 3 aliphatic heterocycles. The van der Waals surface area contributed by atoms with Gasteiger partial charge in [-0.15, -0.1) is 0 Å². The molecule has 1 aliphatic carbocycles. The van der Waals surface area contributed by atoms with Crippen LogP contribution in [0.1, 0.15) is 36.1 Å². The Bertz CT molecular complexity index is 1160. The van der Waals surface area contributed by atoms with Gasteiger partial charge in [-0.05, 0) is 54.7 Å². The lowest BCUT2D eigenvalue weighted by Crippen LogP contribution is -2.67. The van der Waals surface area contributed by atoms with Crippen molar-refractivity contribution >= 4 is 16.9 Å². The molecule has 172 valence electrons. The van der Waals surface area contributed by atoms with Crippen LogP contribution < -0.4 is 0 Å². The van der Waals surface area contributed by atoms with E-state index in [2.05, 4.69) is 58.4 Å². The van der Waals surface area contributed by atoms with Gasteiger partial charge in [-0.1, -0.05) is 48.5 Å². The number of ether oxygens (including phenoxy) is 2. The summed E-state index contributed by atoms with van der Waals surface area (Å²) in [7, 11) is 1.55. The van der Waals surface area contributed by atoms with Gasteiger partial charge in [-0.25, -0.2) is 0 Å². The highest BCUT2D eigenvalue weighted by Gasteiger charge is 2.62. The van der Waals surface area contributed by atoms with Crippen LogP contribution in [-0.4, -0.2) is 48.7 Å². The highest BCUT2D eigenvalue weighted by Crippen LogP contribution is 2.55. The second-order valence-corrected chi connectivity index (χ2v) is 10.1. The van der Waals surface area contributed by atoms with E-state index in [-0.39, 0.29) is 12.0 Å². The highest BCUT2D eigenvalue weighted by molar-refractivity contribution is 5.91. The van der Waals surface area contributed by atoms with Gasteiger partial charge in [0.25, 0.3) is 0 Å². The van der Waals surface area contributed by atoms with E-state index in [0.29, 0.717) is 25.0 Å². The first kappa shape index (κ1) is 20.9.